The van der Waals surface area contributed by atoms with Crippen molar-refractivity contribution in [3.05, 3.63) is 35.9 Å². The molecule has 3 nitrogen and oxygen atoms in total. The van der Waals surface area contributed by atoms with Crippen LogP contribution in [0.3, 0.4) is 0 Å². The predicted octanol–water partition coefficient (Wildman–Crippen LogP) is 2.46. The van der Waals surface area contributed by atoms with Crippen molar-refractivity contribution in [2.75, 3.05) is 18.1 Å². The van der Waals surface area contributed by atoms with Crippen molar-refractivity contribution in [2.45, 2.75) is 17.1 Å². The molecule has 1 aliphatic heterocycles. The summed E-state index contributed by atoms with van der Waals surface area (Å²) in [4.78, 5) is 12.2. The van der Waals surface area contributed by atoms with Crippen molar-refractivity contribution in [3.63, 3.8) is 0 Å². The number of hydrogen-bond donors (Lipinski definition) is 1. The van der Waals surface area contributed by atoms with E-state index in [1.165, 1.54) is 23.5 Å². The number of aliphatic hydroxyl groups is 1. The van der Waals surface area contributed by atoms with Gasteiger partial charge in [0.05, 0.1) is 6.61 Å². The van der Waals surface area contributed by atoms with Gasteiger partial charge in [-0.15, -0.1) is 23.5 Å². The van der Waals surface area contributed by atoms with Gasteiger partial charge >= 0.3 is 5.97 Å². The average molecular weight is 284 g/mol. The van der Waals surface area contributed by atoms with Crippen LogP contribution in [0.5, 0.6) is 0 Å². The summed E-state index contributed by atoms with van der Waals surface area (Å²) in [6, 6.07) is 9.29. The van der Waals surface area contributed by atoms with Gasteiger partial charge in [-0.3, -0.25) is 0 Å². The number of rotatable bonds is 4. The average Bonchev–Trinajstić information content (AvgIpc) is 2.90. The summed E-state index contributed by atoms with van der Waals surface area (Å²) in [6.07, 6.45) is -0.838. The molecule has 0 radical (unpaired) electrons. The number of thioether (sulfide) groups is 2. The second kappa shape index (κ2) is 5.99. The Bertz CT molecular complexity index is 402. The van der Waals surface area contributed by atoms with E-state index in [2.05, 4.69) is 0 Å². The lowest BCUT2D eigenvalue weighted by atomic mass is 10.1. The molecule has 1 heterocycles. The molecule has 1 aliphatic rings. The van der Waals surface area contributed by atoms with Crippen LogP contribution in [0.25, 0.3) is 0 Å². The van der Waals surface area contributed by atoms with Gasteiger partial charge < -0.3 is 9.84 Å². The summed E-state index contributed by atoms with van der Waals surface area (Å²) >= 11 is 2.96. The summed E-state index contributed by atoms with van der Waals surface area (Å²) in [5, 5.41) is 10.5. The zero-order chi connectivity index (χ0) is 13.0. The summed E-state index contributed by atoms with van der Waals surface area (Å²) in [6.45, 7) is 2.12. The molecule has 0 spiro atoms. The Hall–Kier alpha value is -0.650. The zero-order valence-electron chi connectivity index (χ0n) is 10.2. The highest BCUT2D eigenvalue weighted by Crippen LogP contribution is 2.52. The smallest absolute Gasteiger partial charge is 0.335 e. The molecule has 1 atom stereocenters. The summed E-state index contributed by atoms with van der Waals surface area (Å²) in [7, 11) is 0. The lowest BCUT2D eigenvalue weighted by molar-refractivity contribution is -0.145. The number of carbonyl (C=O) groups is 1. The fraction of sp³-hybridized carbons (Fsp3) is 0.462. The molecule has 1 N–H and O–H groups in total. The van der Waals surface area contributed by atoms with Crippen LogP contribution in [0.1, 0.15) is 18.6 Å². The van der Waals surface area contributed by atoms with Gasteiger partial charge in [0.2, 0.25) is 0 Å². The van der Waals surface area contributed by atoms with E-state index in [0.29, 0.717) is 6.61 Å². The topological polar surface area (TPSA) is 46.5 Å². The van der Waals surface area contributed by atoms with Crippen molar-refractivity contribution >= 4 is 29.5 Å². The Balaban J connectivity index is 2.27. The third-order valence-corrected chi connectivity index (χ3v) is 6.17. The van der Waals surface area contributed by atoms with Gasteiger partial charge in [0.25, 0.3) is 0 Å². The second-order valence-electron chi connectivity index (χ2n) is 3.90. The Labute approximate surface area is 115 Å². The van der Waals surface area contributed by atoms with Crippen LogP contribution in [-0.2, 0) is 9.53 Å². The summed E-state index contributed by atoms with van der Waals surface area (Å²) in [5.41, 5.74) is 0.757. The first-order chi connectivity index (χ1) is 8.70. The van der Waals surface area contributed by atoms with E-state index in [0.717, 1.165) is 17.1 Å². The first-order valence-electron chi connectivity index (χ1n) is 5.89. The van der Waals surface area contributed by atoms with Gasteiger partial charge in [0, 0.05) is 11.5 Å². The van der Waals surface area contributed by atoms with Crippen molar-refractivity contribution in [1.82, 2.24) is 0 Å². The minimum atomic E-state index is -0.905. The van der Waals surface area contributed by atoms with Gasteiger partial charge in [0.1, 0.15) is 6.10 Å². The van der Waals surface area contributed by atoms with Crippen LogP contribution in [0, 0.1) is 0 Å². The number of esters is 1. The number of hydrogen-bond acceptors (Lipinski definition) is 5. The van der Waals surface area contributed by atoms with Gasteiger partial charge in [-0.05, 0) is 12.5 Å². The molecule has 0 saturated carbocycles. The van der Waals surface area contributed by atoms with Crippen molar-refractivity contribution in [2.24, 2.45) is 0 Å². The van der Waals surface area contributed by atoms with E-state index >= 15 is 0 Å². The molecule has 5 heteroatoms. The third-order valence-electron chi connectivity index (χ3n) is 2.75. The fourth-order valence-corrected chi connectivity index (χ4v) is 4.95. The number of ether oxygens (including phenoxy) is 1. The standard InChI is InChI=1S/C13H16O3S2/c1-2-16-12(15)13(17-8-9-18-13)11(14)10-6-4-3-5-7-10/h3-7,11,14H,2,8-9H2,1H3/t11-/m0/s1. The summed E-state index contributed by atoms with van der Waals surface area (Å²) < 4.78 is 4.23. The van der Waals surface area contributed by atoms with Crippen LogP contribution in [0.15, 0.2) is 30.3 Å². The fourth-order valence-electron chi connectivity index (χ4n) is 1.90. The third kappa shape index (κ3) is 2.53. The monoisotopic (exact) mass is 284 g/mol. The lowest BCUT2D eigenvalue weighted by Crippen LogP contribution is -2.38. The first-order valence-corrected chi connectivity index (χ1v) is 7.86. The van der Waals surface area contributed by atoms with Gasteiger partial charge in [-0.2, -0.15) is 0 Å². The molecule has 2 rings (SSSR count). The summed E-state index contributed by atoms with van der Waals surface area (Å²) in [5.74, 6) is 1.38. The molecule has 1 aromatic rings. The van der Waals surface area contributed by atoms with Crippen molar-refractivity contribution in [1.29, 1.82) is 0 Å². The van der Waals surface area contributed by atoms with Crippen LogP contribution in [-0.4, -0.2) is 33.3 Å². The Morgan fingerprint density at radius 2 is 2.00 bits per heavy atom. The predicted molar refractivity (Wildman–Crippen MR) is 75.7 cm³/mol. The number of carbonyl (C=O) groups excluding carboxylic acids is 1. The first kappa shape index (κ1) is 13.8. The molecule has 0 aliphatic carbocycles. The Morgan fingerprint density at radius 3 is 2.56 bits per heavy atom. The van der Waals surface area contributed by atoms with Crippen LogP contribution in [0.4, 0.5) is 0 Å². The van der Waals surface area contributed by atoms with E-state index < -0.39 is 10.2 Å². The minimum absolute atomic E-state index is 0.325. The molecular formula is C13H16O3S2. The molecule has 18 heavy (non-hydrogen) atoms. The minimum Gasteiger partial charge on any atom is -0.464 e. The normalized spacial score (nSPS) is 19.4. The van der Waals surface area contributed by atoms with Gasteiger partial charge in [-0.1, -0.05) is 30.3 Å². The molecule has 0 bridgehead atoms. The molecule has 0 aromatic heterocycles. The maximum Gasteiger partial charge on any atom is 0.335 e. The quantitative estimate of drug-likeness (QED) is 0.861. The van der Waals surface area contributed by atoms with E-state index in [9.17, 15) is 9.90 Å². The van der Waals surface area contributed by atoms with E-state index in [-0.39, 0.29) is 5.97 Å². The second-order valence-corrected chi connectivity index (χ2v) is 6.84. The molecule has 0 amide bonds. The Kier molecular flexibility index (Phi) is 4.59. The van der Waals surface area contributed by atoms with E-state index in [1.807, 2.05) is 30.3 Å². The number of aliphatic hydroxyl groups excluding tert-OH is 1. The van der Waals surface area contributed by atoms with Crippen LogP contribution < -0.4 is 0 Å². The molecule has 1 aromatic carbocycles. The maximum absolute atomic E-state index is 12.2. The molecule has 98 valence electrons. The van der Waals surface area contributed by atoms with Crippen molar-refractivity contribution < 1.29 is 14.6 Å². The highest BCUT2D eigenvalue weighted by Gasteiger charge is 2.51. The highest BCUT2D eigenvalue weighted by molar-refractivity contribution is 8.22. The van der Waals surface area contributed by atoms with Gasteiger partial charge in [0.15, 0.2) is 4.08 Å². The maximum atomic E-state index is 12.2. The molecule has 1 saturated heterocycles. The highest BCUT2D eigenvalue weighted by atomic mass is 32.2. The lowest BCUT2D eigenvalue weighted by Gasteiger charge is -2.30. The van der Waals surface area contributed by atoms with E-state index in [1.54, 1.807) is 6.92 Å². The SMILES string of the molecule is CCOC(=O)C1([C@@H](O)c2ccccc2)SCCS1. The largest absolute Gasteiger partial charge is 0.464 e. The Morgan fingerprint density at radius 1 is 1.39 bits per heavy atom. The molecular weight excluding hydrogens is 268 g/mol. The molecule has 0 unspecified atom stereocenters. The zero-order valence-corrected chi connectivity index (χ0v) is 11.8. The van der Waals surface area contributed by atoms with Gasteiger partial charge in [-0.25, -0.2) is 4.79 Å². The van der Waals surface area contributed by atoms with Crippen LogP contribution >= 0.6 is 23.5 Å². The number of benzene rings is 1. The van der Waals surface area contributed by atoms with Crippen molar-refractivity contribution in [3.8, 4) is 0 Å². The van der Waals surface area contributed by atoms with Crippen LogP contribution in [0.2, 0.25) is 0 Å². The van der Waals surface area contributed by atoms with E-state index in [4.69, 9.17) is 4.74 Å². The molecule has 1 fully saturated rings.